The summed E-state index contributed by atoms with van der Waals surface area (Å²) in [5, 5.41) is 10.9. The lowest BCUT2D eigenvalue weighted by Gasteiger charge is -2.27. The van der Waals surface area contributed by atoms with Crippen molar-refractivity contribution in [2.75, 3.05) is 32.8 Å². The summed E-state index contributed by atoms with van der Waals surface area (Å²) in [6.45, 7) is 2.89. The van der Waals surface area contributed by atoms with Gasteiger partial charge in [-0.15, -0.1) is 0 Å². The Morgan fingerprint density at radius 2 is 2.07 bits per heavy atom. The van der Waals surface area contributed by atoms with Gasteiger partial charge >= 0.3 is 0 Å². The minimum absolute atomic E-state index is 0.0436. The molecule has 4 rings (SSSR count). The summed E-state index contributed by atoms with van der Waals surface area (Å²) >= 11 is 0. The Balaban J connectivity index is 1.57. The molecule has 3 amide bonds. The van der Waals surface area contributed by atoms with Gasteiger partial charge in [-0.1, -0.05) is 12.1 Å². The van der Waals surface area contributed by atoms with Crippen molar-refractivity contribution in [1.29, 1.82) is 0 Å². The topological polar surface area (TPSA) is 106 Å². The van der Waals surface area contributed by atoms with Crippen LogP contribution in [0.2, 0.25) is 0 Å². The first-order valence-corrected chi connectivity index (χ1v) is 9.45. The van der Waals surface area contributed by atoms with E-state index in [4.69, 9.17) is 4.74 Å². The zero-order chi connectivity index (χ0) is 19.7. The normalized spacial score (nSPS) is 20.3. The molecule has 28 heavy (non-hydrogen) atoms. The van der Waals surface area contributed by atoms with Crippen LogP contribution in [0.1, 0.15) is 24.5 Å². The first-order chi connectivity index (χ1) is 13.5. The van der Waals surface area contributed by atoms with Crippen LogP contribution in [0.15, 0.2) is 18.2 Å². The molecule has 2 aromatic rings. The molecule has 0 aliphatic carbocycles. The van der Waals surface area contributed by atoms with E-state index in [0.717, 1.165) is 24.0 Å². The molecular weight excluding hydrogens is 362 g/mol. The minimum Gasteiger partial charge on any atom is -0.481 e. The second kappa shape index (κ2) is 7.59. The van der Waals surface area contributed by atoms with E-state index in [-0.39, 0.29) is 24.3 Å². The number of hydrogen-bond acceptors (Lipinski definition) is 6. The summed E-state index contributed by atoms with van der Waals surface area (Å²) in [7, 11) is 1.78. The standard InChI is InChI=1S/C19H23N5O4/c1-23-18-12(17(22-23)13-5-6-15(25)21-19(13)27)3-2-4-14(18)28-11-16(26)24-9-7-20-8-10-24/h2-4,13,20H,5-11H2,1H3,(H,21,25,27). The van der Waals surface area contributed by atoms with Gasteiger partial charge in [0.1, 0.15) is 11.3 Å². The fourth-order valence-corrected chi connectivity index (χ4v) is 3.80. The monoisotopic (exact) mass is 385 g/mol. The van der Waals surface area contributed by atoms with Crippen molar-refractivity contribution in [1.82, 2.24) is 25.3 Å². The lowest BCUT2D eigenvalue weighted by Crippen LogP contribution is -2.47. The second-order valence-electron chi connectivity index (χ2n) is 7.08. The smallest absolute Gasteiger partial charge is 0.260 e. The number of benzene rings is 1. The van der Waals surface area contributed by atoms with Crippen LogP contribution in [0.3, 0.4) is 0 Å². The molecule has 0 saturated carbocycles. The van der Waals surface area contributed by atoms with Crippen molar-refractivity contribution < 1.29 is 19.1 Å². The fraction of sp³-hybridized carbons (Fsp3) is 0.474. The van der Waals surface area contributed by atoms with Crippen LogP contribution in [0, 0.1) is 0 Å². The van der Waals surface area contributed by atoms with Crippen molar-refractivity contribution in [3.8, 4) is 5.75 Å². The SMILES string of the molecule is Cn1nc(C2CCC(=O)NC2=O)c2cccc(OCC(=O)N3CCNCC3)c21. The van der Waals surface area contributed by atoms with Gasteiger partial charge in [0.15, 0.2) is 6.61 Å². The predicted octanol–water partition coefficient (Wildman–Crippen LogP) is -0.0959. The van der Waals surface area contributed by atoms with Crippen LogP contribution >= 0.6 is 0 Å². The van der Waals surface area contributed by atoms with E-state index in [9.17, 15) is 14.4 Å². The van der Waals surface area contributed by atoms with Crippen molar-refractivity contribution in [2.24, 2.45) is 7.05 Å². The quantitative estimate of drug-likeness (QED) is 0.713. The fourth-order valence-electron chi connectivity index (χ4n) is 3.80. The van der Waals surface area contributed by atoms with E-state index >= 15 is 0 Å². The van der Waals surface area contributed by atoms with Crippen molar-refractivity contribution in [2.45, 2.75) is 18.8 Å². The van der Waals surface area contributed by atoms with E-state index in [1.54, 1.807) is 22.7 Å². The molecule has 0 bridgehead atoms. The maximum absolute atomic E-state index is 12.4. The summed E-state index contributed by atoms with van der Waals surface area (Å²) < 4.78 is 7.50. The van der Waals surface area contributed by atoms with Gasteiger partial charge in [0.05, 0.1) is 11.6 Å². The van der Waals surface area contributed by atoms with Crippen LogP contribution < -0.4 is 15.4 Å². The van der Waals surface area contributed by atoms with Crippen molar-refractivity contribution >= 4 is 28.6 Å². The number of hydrogen-bond donors (Lipinski definition) is 2. The van der Waals surface area contributed by atoms with E-state index in [0.29, 0.717) is 37.4 Å². The third-order valence-electron chi connectivity index (χ3n) is 5.25. The van der Waals surface area contributed by atoms with Gasteiger partial charge in [0, 0.05) is 45.0 Å². The molecule has 2 saturated heterocycles. The number of carbonyl (C=O) groups is 3. The summed E-state index contributed by atoms with van der Waals surface area (Å²) in [5.74, 6) is -0.548. The number of piperidine rings is 1. The minimum atomic E-state index is -0.473. The Morgan fingerprint density at radius 3 is 2.82 bits per heavy atom. The Bertz CT molecular complexity index is 932. The van der Waals surface area contributed by atoms with Crippen LogP contribution in [-0.2, 0) is 21.4 Å². The highest BCUT2D eigenvalue weighted by molar-refractivity contribution is 6.03. The van der Waals surface area contributed by atoms with Crippen molar-refractivity contribution in [3.63, 3.8) is 0 Å². The van der Waals surface area contributed by atoms with E-state index in [1.807, 2.05) is 12.1 Å². The number of amides is 3. The van der Waals surface area contributed by atoms with Gasteiger partial charge in [-0.25, -0.2) is 0 Å². The first-order valence-electron chi connectivity index (χ1n) is 9.45. The number of imide groups is 1. The summed E-state index contributed by atoms with van der Waals surface area (Å²) in [6, 6.07) is 5.50. The third kappa shape index (κ3) is 3.45. The number of ether oxygens (including phenoxy) is 1. The van der Waals surface area contributed by atoms with Crippen LogP contribution in [-0.4, -0.2) is 65.2 Å². The molecule has 1 aromatic carbocycles. The number of nitrogens with one attached hydrogen (secondary N) is 2. The molecule has 148 valence electrons. The lowest BCUT2D eigenvalue weighted by atomic mass is 9.93. The van der Waals surface area contributed by atoms with E-state index in [2.05, 4.69) is 15.7 Å². The maximum atomic E-state index is 12.4. The Labute approximate surface area is 162 Å². The number of aromatic nitrogens is 2. The average Bonchev–Trinajstić information content (AvgIpc) is 3.04. The average molecular weight is 385 g/mol. The molecule has 1 unspecified atom stereocenters. The first kappa shape index (κ1) is 18.4. The van der Waals surface area contributed by atoms with Gasteiger partial charge in [-0.2, -0.15) is 5.10 Å². The Hall–Kier alpha value is -2.94. The summed E-state index contributed by atoms with van der Waals surface area (Å²) in [6.07, 6.45) is 0.729. The predicted molar refractivity (Wildman–Crippen MR) is 101 cm³/mol. The lowest BCUT2D eigenvalue weighted by molar-refractivity contribution is -0.135. The number of fused-ring (bicyclic) bond motifs is 1. The molecule has 1 atom stereocenters. The number of piperazine rings is 1. The highest BCUT2D eigenvalue weighted by Crippen LogP contribution is 2.34. The third-order valence-corrected chi connectivity index (χ3v) is 5.25. The van der Waals surface area contributed by atoms with Gasteiger partial charge in [-0.3, -0.25) is 24.4 Å². The number of carbonyl (C=O) groups excluding carboxylic acids is 3. The summed E-state index contributed by atoms with van der Waals surface area (Å²) in [5.41, 5.74) is 1.36. The molecule has 2 aliphatic rings. The number of rotatable bonds is 4. The molecule has 2 aliphatic heterocycles. The van der Waals surface area contributed by atoms with Crippen LogP contribution in [0.4, 0.5) is 0 Å². The molecular formula is C19H23N5O4. The summed E-state index contributed by atoms with van der Waals surface area (Å²) in [4.78, 5) is 37.9. The van der Waals surface area contributed by atoms with E-state index < -0.39 is 5.92 Å². The molecule has 0 radical (unpaired) electrons. The highest BCUT2D eigenvalue weighted by Gasteiger charge is 2.32. The van der Waals surface area contributed by atoms with E-state index in [1.165, 1.54) is 0 Å². The Kier molecular flexibility index (Phi) is 4.99. The Morgan fingerprint density at radius 1 is 1.29 bits per heavy atom. The van der Waals surface area contributed by atoms with Crippen LogP contribution in [0.25, 0.3) is 10.9 Å². The van der Waals surface area contributed by atoms with Gasteiger partial charge in [0.25, 0.3) is 5.91 Å². The maximum Gasteiger partial charge on any atom is 0.260 e. The molecule has 1 aromatic heterocycles. The molecule has 3 heterocycles. The molecule has 2 fully saturated rings. The van der Waals surface area contributed by atoms with Gasteiger partial charge in [-0.05, 0) is 12.5 Å². The molecule has 9 heteroatoms. The van der Waals surface area contributed by atoms with Crippen LogP contribution in [0.5, 0.6) is 5.75 Å². The largest absolute Gasteiger partial charge is 0.481 e. The molecule has 9 nitrogen and oxygen atoms in total. The number of aryl methyl sites for hydroxylation is 1. The molecule has 0 spiro atoms. The second-order valence-corrected chi connectivity index (χ2v) is 7.08. The van der Waals surface area contributed by atoms with Crippen molar-refractivity contribution in [3.05, 3.63) is 23.9 Å². The number of para-hydroxylation sites is 1. The number of nitrogens with zero attached hydrogens (tertiary/aromatic N) is 3. The highest BCUT2D eigenvalue weighted by atomic mass is 16.5. The zero-order valence-corrected chi connectivity index (χ0v) is 15.7. The molecule has 2 N–H and O–H groups in total. The zero-order valence-electron chi connectivity index (χ0n) is 15.7. The van der Waals surface area contributed by atoms with Gasteiger partial charge < -0.3 is 15.0 Å². The van der Waals surface area contributed by atoms with Gasteiger partial charge in [0.2, 0.25) is 11.8 Å².